The van der Waals surface area contributed by atoms with E-state index in [0.29, 0.717) is 6.54 Å². The van der Waals surface area contributed by atoms with E-state index in [4.69, 9.17) is 6.42 Å². The first-order chi connectivity index (χ1) is 5.66. The molecule has 1 atom stereocenters. The summed E-state index contributed by atoms with van der Waals surface area (Å²) in [6.45, 7) is 2.06. The number of ether oxygens (including phenoxy) is 1. The Morgan fingerprint density at radius 1 is 1.58 bits per heavy atom. The topological polar surface area (TPSA) is 21.3 Å². The van der Waals surface area contributed by atoms with Crippen molar-refractivity contribution < 1.29 is 13.5 Å². The average Bonchev–Trinajstić information content (AvgIpc) is 2.03. The highest BCUT2D eigenvalue weighted by Gasteiger charge is 2.01. The quantitative estimate of drug-likeness (QED) is 0.480. The van der Waals surface area contributed by atoms with Gasteiger partial charge < -0.3 is 10.1 Å². The second kappa shape index (κ2) is 7.01. The minimum Gasteiger partial charge on any atom is -0.374 e. The van der Waals surface area contributed by atoms with Gasteiger partial charge in [0, 0.05) is 6.54 Å². The third-order valence-corrected chi connectivity index (χ3v) is 1.19. The number of hydrogen-bond donors (Lipinski definition) is 1. The van der Waals surface area contributed by atoms with Gasteiger partial charge in [-0.05, 0) is 6.92 Å². The number of alkyl halides is 2. The van der Waals surface area contributed by atoms with Crippen molar-refractivity contribution in [2.24, 2.45) is 0 Å². The predicted molar refractivity (Wildman–Crippen MR) is 43.1 cm³/mol. The highest BCUT2D eigenvalue weighted by molar-refractivity contribution is 4.95. The zero-order chi connectivity index (χ0) is 9.40. The van der Waals surface area contributed by atoms with E-state index in [1.807, 2.05) is 6.92 Å². The lowest BCUT2D eigenvalue weighted by molar-refractivity contribution is 0.0186. The normalized spacial score (nSPS) is 12.9. The summed E-state index contributed by atoms with van der Waals surface area (Å²) in [5.41, 5.74) is 0. The number of halogens is 2. The van der Waals surface area contributed by atoms with Crippen molar-refractivity contribution >= 4 is 0 Å². The molecule has 70 valence electrons. The molecular weight excluding hydrogens is 164 g/mol. The second-order valence-corrected chi connectivity index (χ2v) is 2.31. The highest BCUT2D eigenvalue weighted by Crippen LogP contribution is 1.91. The fourth-order valence-electron chi connectivity index (χ4n) is 0.579. The smallest absolute Gasteiger partial charge is 0.261 e. The molecule has 4 heteroatoms. The molecule has 0 spiro atoms. The maximum atomic E-state index is 11.5. The van der Waals surface area contributed by atoms with E-state index < -0.39 is 13.0 Å². The van der Waals surface area contributed by atoms with Gasteiger partial charge in [0.15, 0.2) is 0 Å². The first-order valence-corrected chi connectivity index (χ1v) is 3.72. The highest BCUT2D eigenvalue weighted by atomic mass is 19.3. The Balaban J connectivity index is 3.07. The lowest BCUT2D eigenvalue weighted by atomic mass is 10.3. The molecule has 0 saturated heterocycles. The van der Waals surface area contributed by atoms with Gasteiger partial charge in [-0.15, -0.1) is 6.42 Å². The number of hydrogen-bond acceptors (Lipinski definition) is 2. The molecule has 0 amide bonds. The molecule has 2 nitrogen and oxygen atoms in total. The third-order valence-electron chi connectivity index (χ3n) is 1.19. The fraction of sp³-hybridized carbons (Fsp3) is 0.750. The molecule has 0 aliphatic carbocycles. The Labute approximate surface area is 71.3 Å². The number of nitrogens with one attached hydrogen (secondary N) is 1. The molecule has 0 radical (unpaired) electrons. The van der Waals surface area contributed by atoms with Gasteiger partial charge in [-0.25, -0.2) is 8.78 Å². The summed E-state index contributed by atoms with van der Waals surface area (Å²) in [5.74, 6) is 2.45. The number of terminal acetylenes is 1. The molecule has 1 unspecified atom stereocenters. The number of rotatable bonds is 6. The summed E-state index contributed by atoms with van der Waals surface area (Å²) in [7, 11) is 0. The van der Waals surface area contributed by atoms with Crippen LogP contribution in [-0.4, -0.2) is 32.2 Å². The van der Waals surface area contributed by atoms with Gasteiger partial charge >= 0.3 is 0 Å². The maximum absolute atomic E-state index is 11.5. The Bertz CT molecular complexity index is 144. The second-order valence-electron chi connectivity index (χ2n) is 2.31. The Morgan fingerprint density at radius 2 is 2.25 bits per heavy atom. The zero-order valence-corrected chi connectivity index (χ0v) is 7.02. The van der Waals surface area contributed by atoms with Crippen molar-refractivity contribution in [3.8, 4) is 12.3 Å². The van der Waals surface area contributed by atoms with Crippen LogP contribution in [0.1, 0.15) is 6.92 Å². The maximum Gasteiger partial charge on any atom is 0.261 e. The van der Waals surface area contributed by atoms with Crippen LogP contribution in [0.5, 0.6) is 0 Å². The van der Waals surface area contributed by atoms with Crippen LogP contribution < -0.4 is 5.32 Å². The summed E-state index contributed by atoms with van der Waals surface area (Å²) >= 11 is 0. The van der Waals surface area contributed by atoms with Crippen LogP contribution in [0.15, 0.2) is 0 Å². The van der Waals surface area contributed by atoms with E-state index in [9.17, 15) is 8.78 Å². The van der Waals surface area contributed by atoms with Gasteiger partial charge in [0.2, 0.25) is 0 Å². The summed E-state index contributed by atoms with van der Waals surface area (Å²) in [4.78, 5) is 0. The first-order valence-electron chi connectivity index (χ1n) is 3.72. The fourth-order valence-corrected chi connectivity index (χ4v) is 0.579. The Hall–Kier alpha value is -0.660. The summed E-state index contributed by atoms with van der Waals surface area (Å²) in [6, 6.07) is -0.0415. The molecule has 12 heavy (non-hydrogen) atoms. The van der Waals surface area contributed by atoms with Crippen molar-refractivity contribution in [3.63, 3.8) is 0 Å². The van der Waals surface area contributed by atoms with Gasteiger partial charge in [-0.3, -0.25) is 0 Å². The lowest BCUT2D eigenvalue weighted by Crippen LogP contribution is -2.28. The first kappa shape index (κ1) is 11.3. The van der Waals surface area contributed by atoms with Gasteiger partial charge in [-0.2, -0.15) is 0 Å². The summed E-state index contributed by atoms with van der Waals surface area (Å²) < 4.78 is 27.6. The van der Waals surface area contributed by atoms with Crippen LogP contribution >= 0.6 is 0 Å². The predicted octanol–water partition coefficient (Wildman–Crippen LogP) is 0.879. The van der Waals surface area contributed by atoms with Gasteiger partial charge in [-0.1, -0.05) is 5.92 Å². The van der Waals surface area contributed by atoms with E-state index in [0.717, 1.165) is 0 Å². The van der Waals surface area contributed by atoms with Crippen LogP contribution in [0.3, 0.4) is 0 Å². The minimum atomic E-state index is -2.39. The summed E-state index contributed by atoms with van der Waals surface area (Å²) in [5, 5.41) is 2.90. The van der Waals surface area contributed by atoms with E-state index >= 15 is 0 Å². The summed E-state index contributed by atoms with van der Waals surface area (Å²) in [6.07, 6.45) is 2.67. The van der Waals surface area contributed by atoms with E-state index in [-0.39, 0.29) is 12.6 Å². The molecule has 0 heterocycles. The Morgan fingerprint density at radius 3 is 2.75 bits per heavy atom. The van der Waals surface area contributed by atoms with Gasteiger partial charge in [0.05, 0.1) is 12.6 Å². The SMILES string of the molecule is C#CC(C)NCCOCC(F)F. The standard InChI is InChI=1S/C8H13F2NO/c1-3-7(2)11-4-5-12-6-8(9)10/h1,7-8,11H,4-6H2,2H3. The van der Waals surface area contributed by atoms with E-state index in [2.05, 4.69) is 16.0 Å². The van der Waals surface area contributed by atoms with Gasteiger partial charge in [0.25, 0.3) is 6.43 Å². The lowest BCUT2D eigenvalue weighted by Gasteiger charge is -2.07. The molecule has 0 aliphatic heterocycles. The minimum absolute atomic E-state index is 0.0415. The molecule has 0 bridgehead atoms. The van der Waals surface area contributed by atoms with Crippen molar-refractivity contribution in [2.45, 2.75) is 19.4 Å². The zero-order valence-electron chi connectivity index (χ0n) is 7.02. The van der Waals surface area contributed by atoms with Crippen LogP contribution in [0.2, 0.25) is 0 Å². The van der Waals surface area contributed by atoms with Crippen molar-refractivity contribution in [3.05, 3.63) is 0 Å². The molecule has 0 aliphatic rings. The molecule has 0 fully saturated rings. The monoisotopic (exact) mass is 177 g/mol. The van der Waals surface area contributed by atoms with Crippen LogP contribution in [0.4, 0.5) is 8.78 Å². The van der Waals surface area contributed by atoms with E-state index in [1.165, 1.54) is 0 Å². The third kappa shape index (κ3) is 7.45. The average molecular weight is 177 g/mol. The van der Waals surface area contributed by atoms with Crippen LogP contribution in [0.25, 0.3) is 0 Å². The molecule has 0 aromatic carbocycles. The molecule has 0 aromatic rings. The van der Waals surface area contributed by atoms with Crippen LogP contribution in [0, 0.1) is 12.3 Å². The molecule has 0 saturated carbocycles. The van der Waals surface area contributed by atoms with Crippen molar-refractivity contribution in [2.75, 3.05) is 19.8 Å². The largest absolute Gasteiger partial charge is 0.374 e. The molecule has 0 rings (SSSR count). The molecular formula is C8H13F2NO. The van der Waals surface area contributed by atoms with Gasteiger partial charge in [0.1, 0.15) is 6.61 Å². The van der Waals surface area contributed by atoms with Crippen LogP contribution in [-0.2, 0) is 4.74 Å². The molecule has 1 N–H and O–H groups in total. The Kier molecular flexibility index (Phi) is 6.63. The molecule has 0 aromatic heterocycles. The van der Waals surface area contributed by atoms with E-state index in [1.54, 1.807) is 0 Å². The van der Waals surface area contributed by atoms with Crippen molar-refractivity contribution in [1.82, 2.24) is 5.32 Å². The van der Waals surface area contributed by atoms with Crippen molar-refractivity contribution in [1.29, 1.82) is 0 Å².